The number of hydrogen-bond acceptors (Lipinski definition) is 8. The highest BCUT2D eigenvalue weighted by Gasteiger charge is 2.13. The highest BCUT2D eigenvalue weighted by molar-refractivity contribution is 5.82. The summed E-state index contributed by atoms with van der Waals surface area (Å²) in [6, 6.07) is 10.7. The van der Waals surface area contributed by atoms with Crippen molar-refractivity contribution in [2.45, 2.75) is 13.8 Å². The highest BCUT2D eigenvalue weighted by Crippen LogP contribution is 2.27. The van der Waals surface area contributed by atoms with Gasteiger partial charge in [-0.1, -0.05) is 0 Å². The van der Waals surface area contributed by atoms with Gasteiger partial charge in [-0.05, 0) is 43.7 Å². The van der Waals surface area contributed by atoms with Crippen LogP contribution in [0.5, 0.6) is 17.2 Å². The number of carbonyl (C=O) groups is 1. The van der Waals surface area contributed by atoms with Crippen molar-refractivity contribution in [2.75, 3.05) is 6.61 Å². The third-order valence-electron chi connectivity index (χ3n) is 4.33. The van der Waals surface area contributed by atoms with Crippen LogP contribution < -0.4 is 20.5 Å². The molecule has 0 spiro atoms. The largest absolute Gasteiger partial charge is 0.513 e. The van der Waals surface area contributed by atoms with E-state index in [1.54, 1.807) is 26.0 Å². The Balaban J connectivity index is 1.66. The molecule has 0 aliphatic rings. The summed E-state index contributed by atoms with van der Waals surface area (Å²) >= 11 is 0. The Kier molecular flexibility index (Phi) is 4.97. The summed E-state index contributed by atoms with van der Waals surface area (Å²) in [7, 11) is 0. The molecule has 0 atom stereocenters. The zero-order valence-corrected chi connectivity index (χ0v) is 16.1. The molecule has 2 heterocycles. The van der Waals surface area contributed by atoms with Gasteiger partial charge in [0.05, 0.1) is 12.0 Å². The Morgan fingerprint density at radius 3 is 2.50 bits per heavy atom. The van der Waals surface area contributed by atoms with E-state index >= 15 is 0 Å². The lowest BCUT2D eigenvalue weighted by molar-refractivity contribution is 0.104. The fraction of sp³-hybridized carbons (Fsp3) is 0.136. The lowest BCUT2D eigenvalue weighted by Crippen LogP contribution is -2.10. The molecule has 8 nitrogen and oxygen atoms in total. The second kappa shape index (κ2) is 7.75. The Labute approximate surface area is 169 Å². The molecule has 0 radical (unpaired) electrons. The van der Waals surface area contributed by atoms with Crippen LogP contribution in [0.4, 0.5) is 4.79 Å². The van der Waals surface area contributed by atoms with Gasteiger partial charge in [0.1, 0.15) is 28.9 Å². The molecule has 0 bridgehead atoms. The van der Waals surface area contributed by atoms with Crippen molar-refractivity contribution in [2.24, 2.45) is 0 Å². The number of aryl methyl sites for hydroxylation is 1. The van der Waals surface area contributed by atoms with E-state index in [4.69, 9.17) is 23.0 Å². The number of benzene rings is 2. The SMILES string of the molecule is CCOC(=O)Oc1ccc2c(=O)c(Oc3ccc4c(C)cc(=O)oc4c3)coc2c1. The molecule has 0 N–H and O–H groups in total. The van der Waals surface area contributed by atoms with Gasteiger partial charge in [0.2, 0.25) is 11.2 Å². The van der Waals surface area contributed by atoms with Gasteiger partial charge in [-0.15, -0.1) is 0 Å². The fourth-order valence-corrected chi connectivity index (χ4v) is 2.96. The van der Waals surface area contributed by atoms with Gasteiger partial charge < -0.3 is 23.0 Å². The monoisotopic (exact) mass is 408 g/mol. The lowest BCUT2D eigenvalue weighted by atomic mass is 10.1. The Morgan fingerprint density at radius 1 is 0.967 bits per heavy atom. The van der Waals surface area contributed by atoms with E-state index in [0.29, 0.717) is 11.3 Å². The van der Waals surface area contributed by atoms with Crippen LogP contribution in [0.1, 0.15) is 12.5 Å². The second-order valence-corrected chi connectivity index (χ2v) is 6.38. The van der Waals surface area contributed by atoms with Crippen LogP contribution in [0.2, 0.25) is 0 Å². The molecular formula is C22H16O8. The van der Waals surface area contributed by atoms with E-state index in [-0.39, 0.29) is 29.1 Å². The molecule has 2 aromatic carbocycles. The van der Waals surface area contributed by atoms with Crippen molar-refractivity contribution in [1.29, 1.82) is 0 Å². The van der Waals surface area contributed by atoms with Crippen LogP contribution in [-0.2, 0) is 4.74 Å². The topological polar surface area (TPSA) is 105 Å². The zero-order valence-electron chi connectivity index (χ0n) is 16.1. The van der Waals surface area contributed by atoms with Crippen molar-refractivity contribution in [3.05, 3.63) is 74.9 Å². The van der Waals surface area contributed by atoms with Crippen molar-refractivity contribution in [3.63, 3.8) is 0 Å². The van der Waals surface area contributed by atoms with Crippen molar-refractivity contribution in [1.82, 2.24) is 0 Å². The van der Waals surface area contributed by atoms with Gasteiger partial charge in [-0.3, -0.25) is 4.79 Å². The zero-order chi connectivity index (χ0) is 21.3. The minimum atomic E-state index is -0.850. The fourth-order valence-electron chi connectivity index (χ4n) is 2.96. The first-order valence-corrected chi connectivity index (χ1v) is 9.07. The summed E-state index contributed by atoms with van der Waals surface area (Å²) in [5.41, 5.74) is 0.463. The lowest BCUT2D eigenvalue weighted by Gasteiger charge is -2.08. The predicted octanol–water partition coefficient (Wildman–Crippen LogP) is 4.54. The summed E-state index contributed by atoms with van der Waals surface area (Å²) in [6.45, 7) is 3.64. The first-order chi connectivity index (χ1) is 14.4. The maximum atomic E-state index is 12.7. The third-order valence-corrected chi connectivity index (χ3v) is 4.33. The van der Waals surface area contributed by atoms with Crippen LogP contribution in [0.15, 0.2) is 67.2 Å². The molecule has 0 unspecified atom stereocenters. The van der Waals surface area contributed by atoms with Gasteiger partial charge >= 0.3 is 11.8 Å². The molecule has 0 fully saturated rings. The third kappa shape index (κ3) is 3.75. The van der Waals surface area contributed by atoms with Gasteiger partial charge in [0.15, 0.2) is 0 Å². The predicted molar refractivity (Wildman–Crippen MR) is 107 cm³/mol. The molecule has 8 heteroatoms. The van der Waals surface area contributed by atoms with Crippen molar-refractivity contribution >= 4 is 28.1 Å². The van der Waals surface area contributed by atoms with Gasteiger partial charge in [-0.2, -0.15) is 0 Å². The van der Waals surface area contributed by atoms with Gasteiger partial charge in [0.25, 0.3) is 0 Å². The number of carbonyl (C=O) groups excluding carboxylic acids is 1. The average molecular weight is 408 g/mol. The first kappa shape index (κ1) is 19.3. The summed E-state index contributed by atoms with van der Waals surface area (Å²) in [5.74, 6) is 0.443. The molecule has 30 heavy (non-hydrogen) atoms. The number of rotatable bonds is 4. The van der Waals surface area contributed by atoms with Crippen LogP contribution in [0, 0.1) is 6.92 Å². The van der Waals surface area contributed by atoms with Crippen LogP contribution in [0.25, 0.3) is 21.9 Å². The highest BCUT2D eigenvalue weighted by atomic mass is 16.7. The Hall–Kier alpha value is -4.07. The Morgan fingerprint density at radius 2 is 1.70 bits per heavy atom. The quantitative estimate of drug-likeness (QED) is 0.275. The maximum Gasteiger partial charge on any atom is 0.513 e. The summed E-state index contributed by atoms with van der Waals surface area (Å²) in [6.07, 6.45) is 0.312. The minimum Gasteiger partial charge on any atom is -0.460 e. The number of hydrogen-bond donors (Lipinski definition) is 0. The molecule has 4 rings (SSSR count). The minimum absolute atomic E-state index is 0.0455. The first-order valence-electron chi connectivity index (χ1n) is 9.07. The second-order valence-electron chi connectivity index (χ2n) is 6.38. The maximum absolute atomic E-state index is 12.7. The van der Waals surface area contributed by atoms with Gasteiger partial charge in [0, 0.05) is 23.6 Å². The van der Waals surface area contributed by atoms with E-state index in [1.807, 2.05) is 0 Å². The van der Waals surface area contributed by atoms with E-state index in [0.717, 1.165) is 17.2 Å². The van der Waals surface area contributed by atoms with Crippen LogP contribution >= 0.6 is 0 Å². The molecule has 0 saturated heterocycles. The van der Waals surface area contributed by atoms with Crippen molar-refractivity contribution in [3.8, 4) is 17.2 Å². The molecular weight excluding hydrogens is 392 g/mol. The van der Waals surface area contributed by atoms with E-state index < -0.39 is 17.2 Å². The molecule has 2 aromatic heterocycles. The summed E-state index contributed by atoms with van der Waals surface area (Å²) in [5, 5.41) is 1.01. The molecule has 0 aliphatic carbocycles. The van der Waals surface area contributed by atoms with Crippen LogP contribution in [0.3, 0.4) is 0 Å². The average Bonchev–Trinajstić information content (AvgIpc) is 2.70. The van der Waals surface area contributed by atoms with E-state index in [2.05, 4.69) is 0 Å². The number of ether oxygens (including phenoxy) is 3. The smallest absolute Gasteiger partial charge is 0.460 e. The molecule has 4 aromatic rings. The van der Waals surface area contributed by atoms with Gasteiger partial charge in [-0.25, -0.2) is 9.59 Å². The summed E-state index contributed by atoms with van der Waals surface area (Å²) in [4.78, 5) is 35.8. The molecule has 0 amide bonds. The molecule has 0 aliphatic heterocycles. The summed E-state index contributed by atoms with van der Waals surface area (Å²) < 4.78 is 26.0. The standard InChI is InChI=1S/C22H16O8/c1-3-26-22(25)29-14-5-7-16-17(9-14)27-11-19(21(16)24)28-13-4-6-15-12(2)8-20(23)30-18(15)10-13/h4-11H,3H2,1-2H3. The van der Waals surface area contributed by atoms with Crippen LogP contribution in [-0.4, -0.2) is 12.8 Å². The number of fused-ring (bicyclic) bond motifs is 2. The Bertz CT molecular complexity index is 1380. The van der Waals surface area contributed by atoms with E-state index in [1.165, 1.54) is 30.3 Å². The van der Waals surface area contributed by atoms with E-state index in [9.17, 15) is 14.4 Å². The molecule has 152 valence electrons. The van der Waals surface area contributed by atoms with Crippen molar-refractivity contribution < 1.29 is 27.8 Å². The molecule has 0 saturated carbocycles. The normalized spacial score (nSPS) is 10.9.